The highest BCUT2D eigenvalue weighted by Crippen LogP contribution is 2.71. The number of fused-ring (bicyclic) bond motifs is 11. The van der Waals surface area contributed by atoms with E-state index in [9.17, 15) is 0 Å². The topological polar surface area (TPSA) is 25.8 Å². The summed E-state index contributed by atoms with van der Waals surface area (Å²) in [6.07, 6.45) is 6.88. The molecule has 4 saturated carbocycles. The maximum Gasteiger partial charge on any atom is 0.160 e. The average molecular weight is 781 g/mol. The Kier molecular flexibility index (Phi) is 6.97. The van der Waals surface area contributed by atoms with Gasteiger partial charge in [-0.25, -0.2) is 9.97 Å². The van der Waals surface area contributed by atoms with Crippen LogP contribution in [0.5, 0.6) is 0 Å². The van der Waals surface area contributed by atoms with E-state index in [1.807, 2.05) is 0 Å². The fraction of sp³-hybridized carbons (Fsp3) is 0.186. The van der Waals surface area contributed by atoms with E-state index in [0.717, 1.165) is 45.4 Å². The Labute approximate surface area is 357 Å². The van der Waals surface area contributed by atoms with E-state index in [-0.39, 0.29) is 5.41 Å². The molecule has 4 bridgehead atoms. The van der Waals surface area contributed by atoms with Gasteiger partial charge in [-0.05, 0) is 140 Å². The van der Waals surface area contributed by atoms with Crippen LogP contribution < -0.4 is 0 Å². The van der Waals surface area contributed by atoms with Gasteiger partial charge in [-0.15, -0.1) is 0 Å². The number of para-hydroxylation sites is 1. The summed E-state index contributed by atoms with van der Waals surface area (Å²) in [6, 6.07) is 68.6. The van der Waals surface area contributed by atoms with Gasteiger partial charge < -0.3 is 0 Å². The van der Waals surface area contributed by atoms with Gasteiger partial charge in [0, 0.05) is 21.9 Å². The summed E-state index contributed by atoms with van der Waals surface area (Å²) in [4.78, 5) is 10.7. The van der Waals surface area contributed by atoms with Gasteiger partial charge >= 0.3 is 0 Å². The summed E-state index contributed by atoms with van der Waals surface area (Å²) >= 11 is 0. The summed E-state index contributed by atoms with van der Waals surface area (Å²) in [7, 11) is 0. The van der Waals surface area contributed by atoms with Crippen molar-refractivity contribution in [3.63, 3.8) is 0 Å². The molecule has 6 aliphatic carbocycles. The minimum absolute atomic E-state index is 0.0222. The molecule has 0 amide bonds. The van der Waals surface area contributed by atoms with Gasteiger partial charge in [0.2, 0.25) is 0 Å². The van der Waals surface area contributed by atoms with Crippen molar-refractivity contribution in [1.82, 2.24) is 9.97 Å². The zero-order valence-electron chi connectivity index (χ0n) is 34.1. The molecule has 1 aromatic heterocycles. The van der Waals surface area contributed by atoms with Crippen LogP contribution in [0.2, 0.25) is 0 Å². The van der Waals surface area contributed by atoms with Gasteiger partial charge in [0.25, 0.3) is 0 Å². The molecular weight excluding hydrogens is 737 g/mol. The van der Waals surface area contributed by atoms with Gasteiger partial charge in [-0.1, -0.05) is 164 Å². The van der Waals surface area contributed by atoms with E-state index in [4.69, 9.17) is 9.97 Å². The fourth-order valence-electron chi connectivity index (χ4n) is 14.2. The summed E-state index contributed by atoms with van der Waals surface area (Å²) in [5.41, 5.74) is 17.9. The normalized spacial score (nSPS) is 23.3. The summed E-state index contributed by atoms with van der Waals surface area (Å²) < 4.78 is 0. The van der Waals surface area contributed by atoms with Crippen molar-refractivity contribution in [1.29, 1.82) is 0 Å². The van der Waals surface area contributed by atoms with E-state index in [2.05, 4.69) is 182 Å². The lowest BCUT2D eigenvalue weighted by Gasteiger charge is -2.65. The van der Waals surface area contributed by atoms with Crippen LogP contribution in [0.4, 0.5) is 0 Å². The molecule has 2 spiro atoms. The predicted octanol–water partition coefficient (Wildman–Crippen LogP) is 14.2. The van der Waals surface area contributed by atoms with Crippen LogP contribution in [0.3, 0.4) is 0 Å². The van der Waals surface area contributed by atoms with Crippen LogP contribution in [-0.2, 0) is 10.8 Å². The van der Waals surface area contributed by atoms with E-state index in [0.29, 0.717) is 11.8 Å². The van der Waals surface area contributed by atoms with Crippen LogP contribution in [-0.4, -0.2) is 9.97 Å². The van der Waals surface area contributed by atoms with Crippen molar-refractivity contribution in [3.8, 4) is 44.9 Å². The molecule has 290 valence electrons. The molecule has 0 aliphatic heterocycles. The maximum absolute atomic E-state index is 5.42. The number of rotatable bonds is 3. The molecule has 0 atom stereocenters. The Morgan fingerprint density at radius 2 is 0.934 bits per heavy atom. The number of nitrogens with zero attached hydrogens (tertiary/aromatic N) is 2. The summed E-state index contributed by atoms with van der Waals surface area (Å²) in [5, 5.41) is 3.47. The second kappa shape index (κ2) is 12.5. The van der Waals surface area contributed by atoms with Crippen molar-refractivity contribution < 1.29 is 0 Å². The zero-order valence-corrected chi connectivity index (χ0v) is 34.1. The summed E-state index contributed by atoms with van der Waals surface area (Å²) in [5.74, 6) is 3.85. The molecule has 0 N–H and O–H groups in total. The molecule has 6 aliphatic rings. The molecule has 0 radical (unpaired) electrons. The largest absolute Gasteiger partial charge is 0.228 e. The molecule has 2 heteroatoms. The first-order valence-electron chi connectivity index (χ1n) is 22.5. The van der Waals surface area contributed by atoms with Crippen molar-refractivity contribution in [2.75, 3.05) is 0 Å². The Balaban J connectivity index is 1.00. The van der Waals surface area contributed by atoms with Gasteiger partial charge in [-0.2, -0.15) is 0 Å². The lowest BCUT2D eigenvalue weighted by Crippen LogP contribution is -2.59. The third-order valence-corrected chi connectivity index (χ3v) is 16.1. The highest BCUT2D eigenvalue weighted by molar-refractivity contribution is 6.03. The molecule has 0 saturated heterocycles. The minimum atomic E-state index is -0.415. The van der Waals surface area contributed by atoms with E-state index < -0.39 is 5.41 Å². The lowest BCUT2D eigenvalue weighted by molar-refractivity contribution is -0.0440. The molecule has 4 fully saturated rings. The number of aromatic nitrogens is 2. The van der Waals surface area contributed by atoms with Crippen molar-refractivity contribution in [3.05, 3.63) is 215 Å². The van der Waals surface area contributed by atoms with Crippen LogP contribution in [0.25, 0.3) is 66.6 Å². The third kappa shape index (κ3) is 4.47. The molecule has 9 aromatic rings. The van der Waals surface area contributed by atoms with Crippen LogP contribution in [0, 0.1) is 23.7 Å². The van der Waals surface area contributed by atoms with E-state index in [1.54, 1.807) is 11.1 Å². The molecule has 15 rings (SSSR count). The molecule has 1 heterocycles. The third-order valence-electron chi connectivity index (χ3n) is 16.1. The molecular formula is C59H44N2. The predicted molar refractivity (Wildman–Crippen MR) is 248 cm³/mol. The molecule has 61 heavy (non-hydrogen) atoms. The quantitative estimate of drug-likeness (QED) is 0.178. The van der Waals surface area contributed by atoms with Gasteiger partial charge in [-0.3, -0.25) is 0 Å². The Bertz CT molecular complexity index is 3220. The number of benzene rings is 8. The zero-order chi connectivity index (χ0) is 39.9. The second-order valence-electron chi connectivity index (χ2n) is 18.8. The smallest absolute Gasteiger partial charge is 0.160 e. The Morgan fingerprint density at radius 3 is 1.70 bits per heavy atom. The lowest BCUT2D eigenvalue weighted by atomic mass is 9.38. The van der Waals surface area contributed by atoms with Gasteiger partial charge in [0.05, 0.1) is 16.6 Å². The Hall–Kier alpha value is -6.64. The van der Waals surface area contributed by atoms with E-state index in [1.165, 1.54) is 87.4 Å². The molecule has 8 aromatic carbocycles. The standard InChI is InChI=1S/C59H44N2/c1-2-17-44-38(13-1)14-12-21-47(44)56-48-20-5-10-26-55(48)60-57(61-56)41-16-11-15-39(34-41)40-27-28-53-54(35-40)59(49-22-6-3-18-45(49)46-19-4-7-23-50(46)59)52-25-9-8-24-51(52)58(53)42-30-36-29-37(32-42)33-43(58)31-36/h1-28,34-37,42-43H,29-33H2. The summed E-state index contributed by atoms with van der Waals surface area (Å²) in [6.45, 7) is 0. The van der Waals surface area contributed by atoms with Crippen molar-refractivity contribution >= 4 is 21.7 Å². The fourth-order valence-corrected chi connectivity index (χ4v) is 14.2. The van der Waals surface area contributed by atoms with Crippen molar-refractivity contribution in [2.45, 2.75) is 42.9 Å². The molecule has 0 unspecified atom stereocenters. The highest BCUT2D eigenvalue weighted by Gasteiger charge is 2.64. The highest BCUT2D eigenvalue weighted by atomic mass is 14.9. The number of hydrogen-bond donors (Lipinski definition) is 0. The van der Waals surface area contributed by atoms with E-state index >= 15 is 0 Å². The SMILES string of the molecule is c1cc(-c2ccc3c(c2)C2(c4ccccc4-c4ccccc42)c2ccccc2C32C3CC4CC(C3)CC2C4)cc(-c2nc(-c3cccc4ccccc34)c3ccccc3n2)c1. The first-order valence-corrected chi connectivity index (χ1v) is 22.5. The average Bonchev–Trinajstić information content (AvgIpc) is 3.61. The maximum atomic E-state index is 5.42. The van der Waals surface area contributed by atoms with Crippen LogP contribution in [0.1, 0.15) is 65.5 Å². The van der Waals surface area contributed by atoms with Crippen LogP contribution >= 0.6 is 0 Å². The van der Waals surface area contributed by atoms with Gasteiger partial charge in [0.1, 0.15) is 0 Å². The Morgan fingerprint density at radius 1 is 0.377 bits per heavy atom. The van der Waals surface area contributed by atoms with Crippen LogP contribution in [0.15, 0.2) is 182 Å². The minimum Gasteiger partial charge on any atom is -0.228 e. The number of hydrogen-bond acceptors (Lipinski definition) is 2. The monoisotopic (exact) mass is 780 g/mol. The second-order valence-corrected chi connectivity index (χ2v) is 18.8. The molecule has 2 nitrogen and oxygen atoms in total. The first kappa shape index (κ1) is 34.1. The van der Waals surface area contributed by atoms with Crippen molar-refractivity contribution in [2.24, 2.45) is 23.7 Å². The first-order chi connectivity index (χ1) is 30.2. The van der Waals surface area contributed by atoms with Gasteiger partial charge in [0.15, 0.2) is 5.82 Å².